The topological polar surface area (TPSA) is 46.9 Å². The molecule has 3 rings (SSSR count). The van der Waals surface area contributed by atoms with E-state index in [1.807, 2.05) is 48.9 Å². The average Bonchev–Trinajstić information content (AvgIpc) is 3.07. The standard InChI is InChI=1S/C21H23N3O/c1-4-24-14-18(17-10-8-15(2)9-11-17)13-20(24)21(25)23-16(3)19-7-5-6-12-22-19/h5-14,16H,4H2,1-3H3,(H,23,25)/t16-/m1/s1. The minimum Gasteiger partial charge on any atom is -0.343 e. The quantitative estimate of drug-likeness (QED) is 0.753. The van der Waals surface area contributed by atoms with E-state index in [2.05, 4.69) is 41.5 Å². The van der Waals surface area contributed by atoms with Gasteiger partial charge in [0.15, 0.2) is 0 Å². The molecule has 0 bridgehead atoms. The summed E-state index contributed by atoms with van der Waals surface area (Å²) >= 11 is 0. The second-order valence-electron chi connectivity index (χ2n) is 6.22. The lowest BCUT2D eigenvalue weighted by molar-refractivity contribution is 0.0930. The number of rotatable bonds is 5. The summed E-state index contributed by atoms with van der Waals surface area (Å²) in [6, 6.07) is 15.9. The fourth-order valence-electron chi connectivity index (χ4n) is 2.84. The van der Waals surface area contributed by atoms with Crippen LogP contribution >= 0.6 is 0 Å². The first-order valence-corrected chi connectivity index (χ1v) is 8.57. The maximum atomic E-state index is 12.7. The molecule has 1 atom stereocenters. The molecule has 4 nitrogen and oxygen atoms in total. The molecule has 25 heavy (non-hydrogen) atoms. The number of nitrogens with one attached hydrogen (secondary N) is 1. The summed E-state index contributed by atoms with van der Waals surface area (Å²) in [6.45, 7) is 6.80. The number of nitrogens with zero attached hydrogens (tertiary/aromatic N) is 2. The fourth-order valence-corrected chi connectivity index (χ4v) is 2.84. The van der Waals surface area contributed by atoms with E-state index < -0.39 is 0 Å². The van der Waals surface area contributed by atoms with Gasteiger partial charge in [-0.2, -0.15) is 0 Å². The maximum absolute atomic E-state index is 12.7. The molecule has 0 saturated heterocycles. The highest BCUT2D eigenvalue weighted by Crippen LogP contribution is 2.23. The summed E-state index contributed by atoms with van der Waals surface area (Å²) in [5, 5.41) is 3.04. The van der Waals surface area contributed by atoms with Crippen LogP contribution in [0.25, 0.3) is 11.1 Å². The van der Waals surface area contributed by atoms with Gasteiger partial charge in [-0.1, -0.05) is 35.9 Å². The zero-order valence-electron chi connectivity index (χ0n) is 14.9. The third kappa shape index (κ3) is 3.79. The molecule has 0 aliphatic heterocycles. The highest BCUT2D eigenvalue weighted by Gasteiger charge is 2.17. The van der Waals surface area contributed by atoms with E-state index in [1.165, 1.54) is 5.56 Å². The predicted molar refractivity (Wildman–Crippen MR) is 100 cm³/mol. The number of carbonyl (C=O) groups excluding carboxylic acids is 1. The first-order chi connectivity index (χ1) is 12.1. The zero-order chi connectivity index (χ0) is 17.8. The van der Waals surface area contributed by atoms with Crippen molar-refractivity contribution in [2.75, 3.05) is 0 Å². The molecule has 2 heterocycles. The molecule has 0 unspecified atom stereocenters. The van der Waals surface area contributed by atoms with Crippen LogP contribution < -0.4 is 5.32 Å². The Hall–Kier alpha value is -2.88. The second kappa shape index (κ2) is 7.34. The Balaban J connectivity index is 1.83. The van der Waals surface area contributed by atoms with Crippen molar-refractivity contribution >= 4 is 5.91 Å². The lowest BCUT2D eigenvalue weighted by atomic mass is 10.1. The van der Waals surface area contributed by atoms with Gasteiger partial charge in [-0.3, -0.25) is 9.78 Å². The van der Waals surface area contributed by atoms with Crippen LogP contribution in [0.3, 0.4) is 0 Å². The normalized spacial score (nSPS) is 12.0. The third-order valence-electron chi connectivity index (χ3n) is 4.33. The fraction of sp³-hybridized carbons (Fsp3) is 0.238. The van der Waals surface area contributed by atoms with Gasteiger partial charge in [-0.05, 0) is 44.5 Å². The molecule has 2 aromatic heterocycles. The summed E-state index contributed by atoms with van der Waals surface area (Å²) in [4.78, 5) is 17.1. The van der Waals surface area contributed by atoms with Crippen molar-refractivity contribution in [2.24, 2.45) is 0 Å². The Morgan fingerprint density at radius 1 is 1.16 bits per heavy atom. The van der Waals surface area contributed by atoms with Gasteiger partial charge in [0.25, 0.3) is 5.91 Å². The van der Waals surface area contributed by atoms with Gasteiger partial charge in [-0.15, -0.1) is 0 Å². The molecular weight excluding hydrogens is 310 g/mol. The summed E-state index contributed by atoms with van der Waals surface area (Å²) in [5.74, 6) is -0.0848. The van der Waals surface area contributed by atoms with Gasteiger partial charge in [0.05, 0.1) is 11.7 Å². The minimum atomic E-state index is -0.142. The van der Waals surface area contributed by atoms with Gasteiger partial charge in [-0.25, -0.2) is 0 Å². The van der Waals surface area contributed by atoms with Crippen molar-refractivity contribution in [1.82, 2.24) is 14.9 Å². The van der Waals surface area contributed by atoms with Crippen LogP contribution in [-0.4, -0.2) is 15.5 Å². The molecule has 0 saturated carbocycles. The SMILES string of the molecule is CCn1cc(-c2ccc(C)cc2)cc1C(=O)N[C@H](C)c1ccccn1. The van der Waals surface area contributed by atoms with Crippen LogP contribution in [0, 0.1) is 6.92 Å². The summed E-state index contributed by atoms with van der Waals surface area (Å²) in [7, 11) is 0. The average molecular weight is 333 g/mol. The Morgan fingerprint density at radius 2 is 1.92 bits per heavy atom. The van der Waals surface area contributed by atoms with E-state index in [1.54, 1.807) is 6.20 Å². The predicted octanol–water partition coefficient (Wildman–Crippen LogP) is 4.37. The molecule has 1 amide bonds. The van der Waals surface area contributed by atoms with Gasteiger partial charge < -0.3 is 9.88 Å². The van der Waals surface area contributed by atoms with Crippen LogP contribution in [0.2, 0.25) is 0 Å². The molecular formula is C21H23N3O. The van der Waals surface area contributed by atoms with Gasteiger partial charge >= 0.3 is 0 Å². The number of carbonyl (C=O) groups is 1. The molecule has 0 aliphatic rings. The molecule has 0 radical (unpaired) electrons. The number of pyridine rings is 1. The van der Waals surface area contributed by atoms with Crippen LogP contribution in [0.1, 0.15) is 41.6 Å². The van der Waals surface area contributed by atoms with Crippen LogP contribution in [0.15, 0.2) is 60.9 Å². The molecule has 0 fully saturated rings. The lowest BCUT2D eigenvalue weighted by Crippen LogP contribution is -2.28. The zero-order valence-corrected chi connectivity index (χ0v) is 14.9. The smallest absolute Gasteiger partial charge is 0.268 e. The van der Waals surface area contributed by atoms with E-state index in [-0.39, 0.29) is 11.9 Å². The Labute approximate surface area is 148 Å². The summed E-state index contributed by atoms with van der Waals surface area (Å²) in [5.41, 5.74) is 4.91. The second-order valence-corrected chi connectivity index (χ2v) is 6.22. The van der Waals surface area contributed by atoms with E-state index >= 15 is 0 Å². The first kappa shape index (κ1) is 17.0. The van der Waals surface area contributed by atoms with Gasteiger partial charge in [0.2, 0.25) is 0 Å². The van der Waals surface area contributed by atoms with Gasteiger partial charge in [0.1, 0.15) is 5.69 Å². The van der Waals surface area contributed by atoms with Crippen LogP contribution in [0.4, 0.5) is 0 Å². The molecule has 128 valence electrons. The first-order valence-electron chi connectivity index (χ1n) is 8.57. The molecule has 0 aliphatic carbocycles. The number of hydrogen-bond donors (Lipinski definition) is 1. The van der Waals surface area contributed by atoms with Crippen molar-refractivity contribution in [1.29, 1.82) is 0 Å². The Morgan fingerprint density at radius 3 is 2.56 bits per heavy atom. The van der Waals surface area contributed by atoms with Crippen molar-refractivity contribution in [2.45, 2.75) is 33.4 Å². The third-order valence-corrected chi connectivity index (χ3v) is 4.33. The minimum absolute atomic E-state index is 0.0848. The van der Waals surface area contributed by atoms with E-state index in [4.69, 9.17) is 0 Å². The van der Waals surface area contributed by atoms with Crippen molar-refractivity contribution in [3.8, 4) is 11.1 Å². The van der Waals surface area contributed by atoms with E-state index in [9.17, 15) is 4.79 Å². The van der Waals surface area contributed by atoms with Crippen LogP contribution in [0.5, 0.6) is 0 Å². The van der Waals surface area contributed by atoms with E-state index in [0.717, 1.165) is 23.4 Å². The largest absolute Gasteiger partial charge is 0.343 e. The molecule has 1 N–H and O–H groups in total. The number of amides is 1. The lowest BCUT2D eigenvalue weighted by Gasteiger charge is -2.14. The van der Waals surface area contributed by atoms with Crippen molar-refractivity contribution in [3.63, 3.8) is 0 Å². The summed E-state index contributed by atoms with van der Waals surface area (Å²) in [6.07, 6.45) is 3.77. The molecule has 0 spiro atoms. The van der Waals surface area contributed by atoms with Crippen LogP contribution in [-0.2, 0) is 6.54 Å². The Kier molecular flexibility index (Phi) is 4.98. The Bertz CT molecular complexity index is 851. The van der Waals surface area contributed by atoms with Crippen molar-refractivity contribution < 1.29 is 4.79 Å². The molecule has 1 aromatic carbocycles. The summed E-state index contributed by atoms with van der Waals surface area (Å²) < 4.78 is 1.98. The monoisotopic (exact) mass is 333 g/mol. The van der Waals surface area contributed by atoms with Gasteiger partial charge in [0, 0.05) is 24.5 Å². The van der Waals surface area contributed by atoms with E-state index in [0.29, 0.717) is 5.69 Å². The highest BCUT2D eigenvalue weighted by atomic mass is 16.2. The number of hydrogen-bond acceptors (Lipinski definition) is 2. The highest BCUT2D eigenvalue weighted by molar-refractivity contribution is 5.94. The molecule has 3 aromatic rings. The molecule has 4 heteroatoms. The number of aryl methyl sites for hydroxylation is 2. The van der Waals surface area contributed by atoms with Crippen molar-refractivity contribution in [3.05, 3.63) is 77.9 Å². The maximum Gasteiger partial charge on any atom is 0.268 e. The number of benzene rings is 1. The number of aromatic nitrogens is 2.